The fourth-order valence-corrected chi connectivity index (χ4v) is 1.77. The molecule has 2 nitrogen and oxygen atoms in total. The molecule has 2 heteroatoms. The third-order valence-electron chi connectivity index (χ3n) is 3.24. The van der Waals surface area contributed by atoms with Crippen molar-refractivity contribution in [2.45, 2.75) is 33.1 Å². The second kappa shape index (κ2) is 8.26. The van der Waals surface area contributed by atoms with Crippen LogP contribution in [0.5, 0.6) is 0 Å². The fourth-order valence-electron chi connectivity index (χ4n) is 1.77. The van der Waals surface area contributed by atoms with E-state index in [-0.39, 0.29) is 0 Å². The normalized spacial score (nSPS) is 12.6. The summed E-state index contributed by atoms with van der Waals surface area (Å²) in [5.41, 5.74) is 8.41. The van der Waals surface area contributed by atoms with Crippen molar-refractivity contribution < 1.29 is 0 Å². The van der Waals surface area contributed by atoms with Crippen LogP contribution >= 0.6 is 0 Å². The molecule has 0 aliphatic rings. The lowest BCUT2D eigenvalue weighted by Crippen LogP contribution is -2.22. The average Bonchev–Trinajstić information content (AvgIpc) is 2.38. The van der Waals surface area contributed by atoms with Crippen LogP contribution in [-0.4, -0.2) is 19.6 Å². The highest BCUT2D eigenvalue weighted by atomic mass is 14.8. The van der Waals surface area contributed by atoms with Gasteiger partial charge >= 0.3 is 0 Å². The number of rotatable bonds is 8. The van der Waals surface area contributed by atoms with Gasteiger partial charge in [0.1, 0.15) is 0 Å². The van der Waals surface area contributed by atoms with Gasteiger partial charge in [-0.2, -0.15) is 0 Å². The number of nitrogens with one attached hydrogen (secondary N) is 1. The Labute approximate surface area is 106 Å². The molecule has 0 bridgehead atoms. The molecule has 1 atom stereocenters. The summed E-state index contributed by atoms with van der Waals surface area (Å²) in [4.78, 5) is 0. The molecule has 0 fully saturated rings. The lowest BCUT2D eigenvalue weighted by molar-refractivity contribution is 0.511. The van der Waals surface area contributed by atoms with Gasteiger partial charge in [0, 0.05) is 0 Å². The minimum atomic E-state index is 0.631. The maximum absolute atomic E-state index is 5.58. The first-order chi connectivity index (χ1) is 8.26. The number of nitrogens with two attached hydrogens (primary N) is 1. The number of benzene rings is 1. The molecule has 0 saturated carbocycles. The van der Waals surface area contributed by atoms with E-state index >= 15 is 0 Å². The van der Waals surface area contributed by atoms with Crippen molar-refractivity contribution in [2.75, 3.05) is 19.6 Å². The topological polar surface area (TPSA) is 38.0 Å². The first kappa shape index (κ1) is 14.2. The van der Waals surface area contributed by atoms with E-state index in [1.165, 1.54) is 17.5 Å². The third-order valence-corrected chi connectivity index (χ3v) is 3.24. The van der Waals surface area contributed by atoms with Crippen LogP contribution in [0.15, 0.2) is 24.3 Å². The predicted octanol–water partition coefficient (Wildman–Crippen LogP) is 2.37. The minimum absolute atomic E-state index is 0.631. The van der Waals surface area contributed by atoms with E-state index < -0.39 is 0 Å². The van der Waals surface area contributed by atoms with Gasteiger partial charge in [-0.3, -0.25) is 0 Å². The smallest absolute Gasteiger partial charge is 0.000835 e. The van der Waals surface area contributed by atoms with Gasteiger partial charge in [0.15, 0.2) is 0 Å². The van der Waals surface area contributed by atoms with E-state index in [1.807, 2.05) is 0 Å². The van der Waals surface area contributed by atoms with E-state index in [9.17, 15) is 0 Å². The fraction of sp³-hybridized carbons (Fsp3) is 0.600. The van der Waals surface area contributed by atoms with Gasteiger partial charge in [-0.1, -0.05) is 38.1 Å². The zero-order chi connectivity index (χ0) is 12.5. The Bertz CT molecular complexity index is 292. The van der Waals surface area contributed by atoms with Crippen LogP contribution < -0.4 is 11.1 Å². The zero-order valence-electron chi connectivity index (χ0n) is 11.2. The molecule has 0 aliphatic heterocycles. The molecule has 0 aliphatic carbocycles. The number of hydrogen-bond donors (Lipinski definition) is 2. The summed E-state index contributed by atoms with van der Waals surface area (Å²) in [7, 11) is 0. The van der Waals surface area contributed by atoms with E-state index in [2.05, 4.69) is 43.4 Å². The lowest BCUT2D eigenvalue weighted by Gasteiger charge is -2.09. The average molecular weight is 234 g/mol. The Morgan fingerprint density at radius 2 is 1.76 bits per heavy atom. The van der Waals surface area contributed by atoms with Crippen molar-refractivity contribution in [3.8, 4) is 0 Å². The van der Waals surface area contributed by atoms with Crippen LogP contribution in [0, 0.1) is 5.92 Å². The van der Waals surface area contributed by atoms with Crippen molar-refractivity contribution in [3.63, 3.8) is 0 Å². The molecule has 1 aromatic rings. The van der Waals surface area contributed by atoms with E-state index in [0.29, 0.717) is 5.92 Å². The summed E-state index contributed by atoms with van der Waals surface area (Å²) in [6.07, 6.45) is 3.40. The van der Waals surface area contributed by atoms with Crippen molar-refractivity contribution >= 4 is 0 Å². The summed E-state index contributed by atoms with van der Waals surface area (Å²) in [6.45, 7) is 7.31. The van der Waals surface area contributed by atoms with Crippen LogP contribution in [0.1, 0.15) is 31.4 Å². The SMILES string of the molecule is CCc1ccc(CCNCCC(C)CN)cc1. The molecule has 0 aromatic heterocycles. The number of aryl methyl sites for hydroxylation is 1. The molecule has 96 valence electrons. The summed E-state index contributed by atoms with van der Waals surface area (Å²) >= 11 is 0. The molecule has 3 N–H and O–H groups in total. The molecule has 0 heterocycles. The molecule has 1 aromatic carbocycles. The quantitative estimate of drug-likeness (QED) is 0.678. The molecule has 0 spiro atoms. The second-order valence-corrected chi connectivity index (χ2v) is 4.80. The van der Waals surface area contributed by atoms with Gasteiger partial charge in [0.2, 0.25) is 0 Å². The largest absolute Gasteiger partial charge is 0.330 e. The van der Waals surface area contributed by atoms with Crippen LogP contribution in [0.3, 0.4) is 0 Å². The van der Waals surface area contributed by atoms with Gasteiger partial charge in [-0.15, -0.1) is 0 Å². The monoisotopic (exact) mass is 234 g/mol. The Kier molecular flexibility index (Phi) is 6.90. The van der Waals surface area contributed by atoms with Crippen molar-refractivity contribution in [3.05, 3.63) is 35.4 Å². The number of hydrogen-bond acceptors (Lipinski definition) is 2. The first-order valence-corrected chi connectivity index (χ1v) is 6.74. The summed E-state index contributed by atoms with van der Waals surface area (Å²) < 4.78 is 0. The molecule has 1 unspecified atom stereocenters. The standard InChI is InChI=1S/C15H26N2/c1-3-14-4-6-15(7-5-14)9-11-17-10-8-13(2)12-16/h4-7,13,17H,3,8-12,16H2,1-2H3. The van der Waals surface area contributed by atoms with E-state index in [4.69, 9.17) is 5.73 Å². The highest BCUT2D eigenvalue weighted by Crippen LogP contribution is 2.05. The summed E-state index contributed by atoms with van der Waals surface area (Å²) in [5, 5.41) is 3.47. The minimum Gasteiger partial charge on any atom is -0.330 e. The Morgan fingerprint density at radius 1 is 1.12 bits per heavy atom. The Balaban J connectivity index is 2.13. The molecular weight excluding hydrogens is 208 g/mol. The molecule has 0 amide bonds. The van der Waals surface area contributed by atoms with Crippen LogP contribution in [0.4, 0.5) is 0 Å². The molecule has 0 radical (unpaired) electrons. The highest BCUT2D eigenvalue weighted by molar-refractivity contribution is 5.22. The lowest BCUT2D eigenvalue weighted by atomic mass is 10.1. The van der Waals surface area contributed by atoms with Gasteiger partial charge in [0.05, 0.1) is 0 Å². The van der Waals surface area contributed by atoms with Crippen LogP contribution in [0.2, 0.25) is 0 Å². The van der Waals surface area contributed by atoms with Gasteiger partial charge in [0.25, 0.3) is 0 Å². The predicted molar refractivity (Wildman–Crippen MR) is 75.2 cm³/mol. The third kappa shape index (κ3) is 5.85. The van der Waals surface area contributed by atoms with Crippen LogP contribution in [0.25, 0.3) is 0 Å². The van der Waals surface area contributed by atoms with Gasteiger partial charge < -0.3 is 11.1 Å². The van der Waals surface area contributed by atoms with E-state index in [1.54, 1.807) is 0 Å². The van der Waals surface area contributed by atoms with Crippen LogP contribution in [-0.2, 0) is 12.8 Å². The maximum atomic E-state index is 5.58. The molecular formula is C15H26N2. The summed E-state index contributed by atoms with van der Waals surface area (Å²) in [5.74, 6) is 0.631. The first-order valence-electron chi connectivity index (χ1n) is 6.74. The molecule has 1 rings (SSSR count). The Hall–Kier alpha value is -0.860. The molecule has 17 heavy (non-hydrogen) atoms. The Morgan fingerprint density at radius 3 is 2.35 bits per heavy atom. The highest BCUT2D eigenvalue weighted by Gasteiger charge is 1.98. The van der Waals surface area contributed by atoms with Crippen molar-refractivity contribution in [1.29, 1.82) is 0 Å². The van der Waals surface area contributed by atoms with Gasteiger partial charge in [-0.05, 0) is 55.9 Å². The second-order valence-electron chi connectivity index (χ2n) is 4.80. The van der Waals surface area contributed by atoms with Crippen molar-refractivity contribution in [1.82, 2.24) is 5.32 Å². The van der Waals surface area contributed by atoms with Crippen molar-refractivity contribution in [2.24, 2.45) is 11.7 Å². The van der Waals surface area contributed by atoms with E-state index in [0.717, 1.165) is 32.5 Å². The maximum Gasteiger partial charge on any atom is -0.000835 e. The summed E-state index contributed by atoms with van der Waals surface area (Å²) in [6, 6.07) is 8.93. The zero-order valence-corrected chi connectivity index (χ0v) is 11.2. The molecule has 0 saturated heterocycles. The van der Waals surface area contributed by atoms with Gasteiger partial charge in [-0.25, -0.2) is 0 Å².